The van der Waals surface area contributed by atoms with Gasteiger partial charge in [0.05, 0.1) is 5.69 Å². The van der Waals surface area contributed by atoms with Gasteiger partial charge in [-0.1, -0.05) is 41.6 Å². The average molecular weight is 324 g/mol. The van der Waals surface area contributed by atoms with Gasteiger partial charge in [-0.15, -0.1) is 0 Å². The van der Waals surface area contributed by atoms with Crippen molar-refractivity contribution in [3.8, 4) is 0 Å². The Morgan fingerprint density at radius 2 is 1.83 bits per heavy atom. The minimum atomic E-state index is 0.660. The van der Waals surface area contributed by atoms with Gasteiger partial charge in [0.1, 0.15) is 0 Å². The lowest BCUT2D eigenvalue weighted by atomic mass is 9.89. The predicted molar refractivity (Wildman–Crippen MR) is 98.8 cm³/mol. The van der Waals surface area contributed by atoms with E-state index in [1.807, 2.05) is 11.8 Å². The molecule has 2 nitrogen and oxygen atoms in total. The maximum atomic E-state index is 2.55. The zero-order valence-corrected chi connectivity index (χ0v) is 14.9. The maximum absolute atomic E-state index is 2.55. The molecule has 0 amide bonds. The molecule has 0 N–H and O–H groups in total. The van der Waals surface area contributed by atoms with E-state index in [0.717, 1.165) is 0 Å². The molecule has 3 heteroatoms. The first-order valence-corrected chi connectivity index (χ1v) is 9.24. The number of rotatable bonds is 2. The molecule has 0 saturated carbocycles. The van der Waals surface area contributed by atoms with Gasteiger partial charge in [0.15, 0.2) is 0 Å². The van der Waals surface area contributed by atoms with E-state index in [1.165, 1.54) is 40.6 Å². The van der Waals surface area contributed by atoms with Gasteiger partial charge in [-0.2, -0.15) is 0 Å². The Kier molecular flexibility index (Phi) is 3.86. The normalized spacial score (nSPS) is 23.7. The maximum Gasteiger partial charge on any atom is 0.0544 e. The number of piperidine rings is 1. The van der Waals surface area contributed by atoms with E-state index in [9.17, 15) is 0 Å². The molecular weight excluding hydrogens is 300 g/mol. The molecule has 0 radical (unpaired) electrons. The number of benzene rings is 2. The van der Waals surface area contributed by atoms with Crippen molar-refractivity contribution in [3.05, 3.63) is 53.6 Å². The highest BCUT2D eigenvalue weighted by Gasteiger charge is 2.40. The van der Waals surface area contributed by atoms with Gasteiger partial charge in [-0.3, -0.25) is 0 Å². The molecule has 0 spiro atoms. The summed E-state index contributed by atoms with van der Waals surface area (Å²) < 4.78 is 0. The van der Waals surface area contributed by atoms with Gasteiger partial charge < -0.3 is 9.80 Å². The molecule has 0 unspecified atom stereocenters. The van der Waals surface area contributed by atoms with Crippen molar-refractivity contribution < 1.29 is 0 Å². The number of anilines is 1. The molecule has 1 saturated heterocycles. The van der Waals surface area contributed by atoms with Crippen LogP contribution in [0.2, 0.25) is 0 Å². The fourth-order valence-electron chi connectivity index (χ4n) is 4.07. The highest BCUT2D eigenvalue weighted by molar-refractivity contribution is 7.99. The minimum Gasteiger partial charge on any atom is -0.370 e. The Balaban J connectivity index is 1.70. The fraction of sp³-hybridized carbons (Fsp3) is 0.400. The van der Waals surface area contributed by atoms with Gasteiger partial charge in [-0.25, -0.2) is 0 Å². The highest BCUT2D eigenvalue weighted by Crippen LogP contribution is 2.49. The van der Waals surface area contributed by atoms with Gasteiger partial charge >= 0.3 is 0 Å². The van der Waals surface area contributed by atoms with Crippen LogP contribution in [-0.2, 0) is 0 Å². The summed E-state index contributed by atoms with van der Waals surface area (Å²) in [7, 11) is 4.53. The zero-order valence-electron chi connectivity index (χ0n) is 14.1. The molecule has 23 heavy (non-hydrogen) atoms. The largest absolute Gasteiger partial charge is 0.370 e. The molecule has 2 heterocycles. The van der Waals surface area contributed by atoms with E-state index in [4.69, 9.17) is 0 Å². The van der Waals surface area contributed by atoms with E-state index in [1.54, 1.807) is 5.56 Å². The summed E-state index contributed by atoms with van der Waals surface area (Å²) in [5.41, 5.74) is 4.32. The summed E-state index contributed by atoms with van der Waals surface area (Å²) in [5.74, 6) is 0.660. The number of nitrogens with zero attached hydrogens (tertiary/aromatic N) is 2. The van der Waals surface area contributed by atoms with E-state index in [2.05, 4.69) is 73.3 Å². The standard InChI is InChI=1S/C20H24N2S/c1-14-7-9-15(10-8-14)23-19-6-4-5-16-17-13-21(2)12-11-18(17)22(3)20(16)19/h4-10,17-18H,11-13H2,1-3H3/t17-,18+/m0/s1. The topological polar surface area (TPSA) is 6.48 Å². The molecule has 120 valence electrons. The molecule has 0 bridgehead atoms. The molecule has 2 aromatic rings. The molecule has 1 fully saturated rings. The SMILES string of the molecule is Cc1ccc(Sc2cccc3c2N(C)[C@@H]2CCN(C)C[C@@H]32)cc1. The number of hydrogen-bond acceptors (Lipinski definition) is 3. The second kappa shape index (κ2) is 5.88. The predicted octanol–water partition coefficient (Wildman–Crippen LogP) is 4.38. The van der Waals surface area contributed by atoms with Crippen LogP contribution >= 0.6 is 11.8 Å². The van der Waals surface area contributed by atoms with Crippen LogP contribution in [0.3, 0.4) is 0 Å². The van der Waals surface area contributed by atoms with Crippen molar-refractivity contribution in [1.29, 1.82) is 0 Å². The van der Waals surface area contributed by atoms with Crippen LogP contribution in [0.5, 0.6) is 0 Å². The molecule has 2 atom stereocenters. The van der Waals surface area contributed by atoms with Crippen LogP contribution in [0.15, 0.2) is 52.3 Å². The van der Waals surface area contributed by atoms with Gasteiger partial charge in [0.25, 0.3) is 0 Å². The van der Waals surface area contributed by atoms with Gasteiger partial charge in [-0.05, 0) is 50.7 Å². The number of likely N-dealkylation sites (tertiary alicyclic amines) is 1. The smallest absolute Gasteiger partial charge is 0.0544 e. The summed E-state index contributed by atoms with van der Waals surface area (Å²) in [4.78, 5) is 7.74. The third kappa shape index (κ3) is 2.66. The second-order valence-electron chi connectivity index (χ2n) is 6.94. The van der Waals surface area contributed by atoms with Crippen LogP contribution in [0.1, 0.15) is 23.5 Å². The number of likely N-dealkylation sites (N-methyl/N-ethyl adjacent to an activating group) is 2. The lowest BCUT2D eigenvalue weighted by Gasteiger charge is -2.35. The van der Waals surface area contributed by atoms with Crippen LogP contribution in [0.4, 0.5) is 5.69 Å². The van der Waals surface area contributed by atoms with Crippen molar-refractivity contribution in [2.24, 2.45) is 0 Å². The third-order valence-electron chi connectivity index (χ3n) is 5.31. The summed E-state index contributed by atoms with van der Waals surface area (Å²) in [6.07, 6.45) is 1.26. The molecule has 2 aliphatic heterocycles. The van der Waals surface area contributed by atoms with E-state index >= 15 is 0 Å². The first-order valence-electron chi connectivity index (χ1n) is 8.42. The molecule has 0 aromatic heterocycles. The number of hydrogen-bond donors (Lipinski definition) is 0. The average Bonchev–Trinajstić information content (AvgIpc) is 2.83. The Bertz CT molecular complexity index is 710. The number of para-hydroxylation sites is 1. The number of fused-ring (bicyclic) bond motifs is 3. The molecule has 2 aromatic carbocycles. The Labute approximate surface area is 143 Å². The lowest BCUT2D eigenvalue weighted by molar-refractivity contribution is 0.234. The summed E-state index contributed by atoms with van der Waals surface area (Å²) in [6, 6.07) is 16.4. The van der Waals surface area contributed by atoms with E-state index < -0.39 is 0 Å². The lowest BCUT2D eigenvalue weighted by Crippen LogP contribution is -2.43. The Hall–Kier alpha value is -1.45. The van der Waals surface area contributed by atoms with Crippen LogP contribution in [0.25, 0.3) is 0 Å². The Morgan fingerprint density at radius 3 is 2.61 bits per heavy atom. The highest BCUT2D eigenvalue weighted by atomic mass is 32.2. The van der Waals surface area contributed by atoms with Crippen molar-refractivity contribution in [1.82, 2.24) is 4.90 Å². The summed E-state index contributed by atoms with van der Waals surface area (Å²) in [5, 5.41) is 0. The summed E-state index contributed by atoms with van der Waals surface area (Å²) >= 11 is 1.90. The molecular formula is C20H24N2S. The van der Waals surface area contributed by atoms with Crippen LogP contribution in [0, 0.1) is 6.92 Å². The van der Waals surface area contributed by atoms with Gasteiger partial charge in [0.2, 0.25) is 0 Å². The van der Waals surface area contributed by atoms with Crippen LogP contribution < -0.4 is 4.90 Å². The van der Waals surface area contributed by atoms with E-state index in [0.29, 0.717) is 12.0 Å². The van der Waals surface area contributed by atoms with Crippen molar-refractivity contribution in [2.75, 3.05) is 32.1 Å². The minimum absolute atomic E-state index is 0.660. The first kappa shape index (κ1) is 15.1. The second-order valence-corrected chi connectivity index (χ2v) is 8.06. The van der Waals surface area contributed by atoms with Crippen LogP contribution in [-0.4, -0.2) is 38.1 Å². The third-order valence-corrected chi connectivity index (χ3v) is 6.37. The van der Waals surface area contributed by atoms with Gasteiger partial charge in [0, 0.05) is 35.3 Å². The van der Waals surface area contributed by atoms with Crippen molar-refractivity contribution in [3.63, 3.8) is 0 Å². The van der Waals surface area contributed by atoms with Crippen molar-refractivity contribution >= 4 is 17.4 Å². The van der Waals surface area contributed by atoms with Crippen molar-refractivity contribution in [2.45, 2.75) is 35.1 Å². The zero-order chi connectivity index (χ0) is 16.0. The molecule has 0 aliphatic carbocycles. The quantitative estimate of drug-likeness (QED) is 0.809. The first-order chi connectivity index (χ1) is 11.1. The number of aryl methyl sites for hydroxylation is 1. The molecule has 2 aliphatic rings. The Morgan fingerprint density at radius 1 is 1.04 bits per heavy atom. The van der Waals surface area contributed by atoms with E-state index in [-0.39, 0.29) is 0 Å². The monoisotopic (exact) mass is 324 g/mol. The summed E-state index contributed by atoms with van der Waals surface area (Å²) in [6.45, 7) is 4.53. The molecule has 4 rings (SSSR count). The fourth-order valence-corrected chi connectivity index (χ4v) is 5.10.